The number of thiol groups is 1. The highest BCUT2D eigenvalue weighted by Gasteiger charge is 2.44. The van der Waals surface area contributed by atoms with E-state index in [9.17, 15) is 19.1 Å². The fourth-order valence-corrected chi connectivity index (χ4v) is 4.88. The normalized spacial score (nSPS) is 14.1. The van der Waals surface area contributed by atoms with Crippen molar-refractivity contribution in [2.75, 3.05) is 38.2 Å². The van der Waals surface area contributed by atoms with Gasteiger partial charge in [0.1, 0.15) is 5.82 Å². The molecule has 0 bridgehead atoms. The zero-order valence-electron chi connectivity index (χ0n) is 29.8. The van der Waals surface area contributed by atoms with Crippen molar-refractivity contribution in [1.29, 1.82) is 0 Å². The minimum atomic E-state index is -0.781. The second-order valence-electron chi connectivity index (χ2n) is 13.0. The molecule has 0 radical (unpaired) electrons. The lowest BCUT2D eigenvalue weighted by molar-refractivity contribution is -0.126. The zero-order valence-corrected chi connectivity index (χ0v) is 31.5. The lowest BCUT2D eigenvalue weighted by Crippen LogP contribution is -2.51. The highest BCUT2D eigenvalue weighted by atomic mass is 32.2. The van der Waals surface area contributed by atoms with Crippen LogP contribution in [0.3, 0.4) is 0 Å². The van der Waals surface area contributed by atoms with Crippen LogP contribution in [0.25, 0.3) is 0 Å². The number of aliphatic hydroxyl groups is 1. The van der Waals surface area contributed by atoms with Crippen molar-refractivity contribution >= 4 is 41.9 Å². The third kappa shape index (κ3) is 16.9. The Bertz CT molecular complexity index is 1420. The monoisotopic (exact) mass is 713 g/mol. The average molecular weight is 714 g/mol. The molecule has 3 aromatic rings. The zero-order chi connectivity index (χ0) is 36.4. The molecule has 7 N–H and O–H groups in total. The molecule has 8 nitrogen and oxygen atoms in total. The highest BCUT2D eigenvalue weighted by molar-refractivity contribution is 7.99. The Morgan fingerprint density at radius 2 is 1.63 bits per heavy atom. The van der Waals surface area contributed by atoms with Crippen molar-refractivity contribution in [3.63, 3.8) is 0 Å². The number of hydrogen-bond acceptors (Lipinski definition) is 8. The van der Waals surface area contributed by atoms with Gasteiger partial charge in [-0.2, -0.15) is 11.8 Å². The average Bonchev–Trinajstić information content (AvgIpc) is 3.86. The smallest absolute Gasteiger partial charge is 0.239 e. The molecule has 0 heterocycles. The number of amides is 2. The predicted molar refractivity (Wildman–Crippen MR) is 206 cm³/mol. The van der Waals surface area contributed by atoms with Crippen molar-refractivity contribution in [2.45, 2.75) is 81.7 Å². The summed E-state index contributed by atoms with van der Waals surface area (Å²) in [5, 5.41) is 23.4. The van der Waals surface area contributed by atoms with Gasteiger partial charge in [0.05, 0.1) is 25.2 Å². The van der Waals surface area contributed by atoms with Crippen LogP contribution in [-0.4, -0.2) is 66.8 Å². The summed E-state index contributed by atoms with van der Waals surface area (Å²) >= 11 is 6.00. The summed E-state index contributed by atoms with van der Waals surface area (Å²) in [5.74, 6) is -0.540. The van der Waals surface area contributed by atoms with Gasteiger partial charge in [-0.15, -0.1) is 12.6 Å². The number of anilines is 1. The van der Waals surface area contributed by atoms with E-state index >= 15 is 0 Å². The van der Waals surface area contributed by atoms with Crippen molar-refractivity contribution in [2.24, 2.45) is 5.92 Å². The van der Waals surface area contributed by atoms with Gasteiger partial charge in [-0.25, -0.2) is 4.39 Å². The van der Waals surface area contributed by atoms with Gasteiger partial charge < -0.3 is 26.8 Å². The lowest BCUT2D eigenvalue weighted by Gasteiger charge is -2.25. The summed E-state index contributed by atoms with van der Waals surface area (Å²) in [6.45, 7) is 11.5. The molecule has 1 fully saturated rings. The Hall–Kier alpha value is -3.09. The van der Waals surface area contributed by atoms with E-state index in [0.29, 0.717) is 18.9 Å². The summed E-state index contributed by atoms with van der Waals surface area (Å²) in [5.41, 5.74) is 8.93. The number of rotatable bonds is 15. The molecule has 0 spiro atoms. The van der Waals surface area contributed by atoms with Crippen molar-refractivity contribution in [3.8, 4) is 0 Å². The minimum absolute atomic E-state index is 0.0268. The van der Waals surface area contributed by atoms with Gasteiger partial charge in [0.2, 0.25) is 11.8 Å². The summed E-state index contributed by atoms with van der Waals surface area (Å²) in [6.07, 6.45) is 3.46. The maximum Gasteiger partial charge on any atom is 0.239 e. The standard InChI is InChI=1S/C27H37FN4O3.C7H9NS.C4H10S/c1-19(2)15-29-16-24(33)23(13-20-7-4-3-5-8-20)32-26(35)17-30-25(34)18-31-27(11-12-27)21-9-6-10-22(28)14-21;1-5-2-3-6(9)4-7(5)8;1-4(2)5-3/h3-10,14,19,23-24,29,31,33H,11-13,15-18H2,1-2H3,(H,30,34)(H,32,35);2-4,9H,8H2,1H3;4H,1-3H3/t23-,24+;;/m0../s1. The maximum atomic E-state index is 13.6. The Labute approximate surface area is 302 Å². The second kappa shape index (κ2) is 21.9. The topological polar surface area (TPSA) is 129 Å². The molecule has 49 heavy (non-hydrogen) atoms. The van der Waals surface area contributed by atoms with Crippen molar-refractivity contribution in [1.82, 2.24) is 21.3 Å². The molecular formula is C38H56FN5O3S2. The van der Waals surface area contributed by atoms with E-state index in [4.69, 9.17) is 5.73 Å². The fraction of sp³-hybridized carbons (Fsp3) is 0.474. The van der Waals surface area contributed by atoms with E-state index in [2.05, 4.69) is 67.8 Å². The largest absolute Gasteiger partial charge is 0.398 e. The van der Waals surface area contributed by atoms with Crippen LogP contribution in [0.15, 0.2) is 77.7 Å². The van der Waals surface area contributed by atoms with E-state index in [1.807, 2.05) is 73.3 Å². The van der Waals surface area contributed by atoms with Crippen LogP contribution in [0.1, 0.15) is 57.2 Å². The van der Waals surface area contributed by atoms with Crippen LogP contribution in [0.5, 0.6) is 0 Å². The van der Waals surface area contributed by atoms with E-state index in [1.54, 1.807) is 6.07 Å². The van der Waals surface area contributed by atoms with E-state index in [1.165, 1.54) is 12.1 Å². The lowest BCUT2D eigenvalue weighted by atomic mass is 10.0. The van der Waals surface area contributed by atoms with Gasteiger partial charge in [-0.05, 0) is 91.1 Å². The predicted octanol–water partition coefficient (Wildman–Crippen LogP) is 5.48. The van der Waals surface area contributed by atoms with Crippen LogP contribution in [0.4, 0.5) is 10.1 Å². The van der Waals surface area contributed by atoms with E-state index < -0.39 is 12.1 Å². The molecule has 1 aliphatic rings. The number of aliphatic hydroxyl groups excluding tert-OH is 1. The van der Waals surface area contributed by atoms with Crippen molar-refractivity contribution in [3.05, 3.63) is 95.3 Å². The third-order valence-electron chi connectivity index (χ3n) is 7.91. The van der Waals surface area contributed by atoms with Gasteiger partial charge in [0, 0.05) is 22.7 Å². The number of thioether (sulfide) groups is 1. The molecule has 2 amide bonds. The molecule has 2 atom stereocenters. The quantitative estimate of drug-likeness (QED) is 0.0822. The van der Waals surface area contributed by atoms with E-state index in [0.717, 1.165) is 51.9 Å². The first-order chi connectivity index (χ1) is 23.2. The molecule has 0 aromatic heterocycles. The number of benzene rings is 3. The Kier molecular flexibility index (Phi) is 18.8. The van der Waals surface area contributed by atoms with Crippen LogP contribution < -0.4 is 27.0 Å². The molecular weight excluding hydrogens is 658 g/mol. The second-order valence-corrected chi connectivity index (χ2v) is 15.0. The number of nitrogen functional groups attached to an aromatic ring is 1. The first-order valence-corrected chi connectivity index (χ1v) is 18.6. The fourth-order valence-electron chi connectivity index (χ4n) is 4.67. The Balaban J connectivity index is 0.000000493. The molecule has 4 rings (SSSR count). The van der Waals surface area contributed by atoms with Crippen molar-refractivity contribution < 1.29 is 19.1 Å². The van der Waals surface area contributed by atoms with Gasteiger partial charge in [-0.3, -0.25) is 14.9 Å². The molecule has 0 unspecified atom stereocenters. The minimum Gasteiger partial charge on any atom is -0.398 e. The first kappa shape index (κ1) is 42.1. The molecule has 0 aliphatic heterocycles. The number of nitrogens with two attached hydrogens (primary N) is 1. The molecule has 0 saturated heterocycles. The number of aryl methyl sites for hydroxylation is 1. The number of nitrogens with one attached hydrogen (secondary N) is 4. The van der Waals surface area contributed by atoms with Crippen LogP contribution in [0, 0.1) is 18.7 Å². The number of hydrogen-bond donors (Lipinski definition) is 7. The molecule has 1 saturated carbocycles. The highest BCUT2D eigenvalue weighted by Crippen LogP contribution is 2.45. The van der Waals surface area contributed by atoms with E-state index in [-0.39, 0.29) is 36.3 Å². The van der Waals surface area contributed by atoms with Gasteiger partial charge in [0.25, 0.3) is 0 Å². The summed E-state index contributed by atoms with van der Waals surface area (Å²) in [7, 11) is 0. The van der Waals surface area contributed by atoms with Crippen LogP contribution in [0.2, 0.25) is 0 Å². The molecule has 3 aromatic carbocycles. The first-order valence-electron chi connectivity index (χ1n) is 16.8. The van der Waals surface area contributed by atoms with Gasteiger partial charge >= 0.3 is 0 Å². The van der Waals surface area contributed by atoms with Crippen LogP contribution in [-0.2, 0) is 21.5 Å². The third-order valence-corrected chi connectivity index (χ3v) is 9.13. The number of halogens is 1. The molecule has 11 heteroatoms. The maximum absolute atomic E-state index is 13.6. The Morgan fingerprint density at radius 3 is 2.18 bits per heavy atom. The van der Waals surface area contributed by atoms with Gasteiger partial charge in [-0.1, -0.05) is 76.2 Å². The summed E-state index contributed by atoms with van der Waals surface area (Å²) in [6, 6.07) is 21.3. The SMILES string of the molecule is CC(C)CNC[C@@H](O)[C@H](Cc1ccccc1)NC(=O)CNC(=O)CNC1(c2cccc(F)c2)CC1.CSC(C)C.Cc1ccc(S)cc1N. The summed E-state index contributed by atoms with van der Waals surface area (Å²) < 4.78 is 13.6. The van der Waals surface area contributed by atoms with Gasteiger partial charge in [0.15, 0.2) is 0 Å². The number of carbonyl (C=O) groups excluding carboxylic acids is 2. The molecule has 270 valence electrons. The summed E-state index contributed by atoms with van der Waals surface area (Å²) in [4.78, 5) is 25.9. The molecule has 1 aliphatic carbocycles. The van der Waals surface area contributed by atoms with Crippen LogP contribution >= 0.6 is 24.4 Å². The number of carbonyl (C=O) groups is 2. The Morgan fingerprint density at radius 1 is 0.959 bits per heavy atom.